The highest BCUT2D eigenvalue weighted by Gasteiger charge is 2.22. The number of allylic oxidation sites excluding steroid dienone is 1. The first-order chi connectivity index (χ1) is 25.3. The van der Waals surface area contributed by atoms with Crippen LogP contribution in [0, 0.1) is 11.8 Å². The third-order valence-electron chi connectivity index (χ3n) is 9.67. The lowest BCUT2D eigenvalue weighted by Crippen LogP contribution is -2.09. The standard InChI is InChI=1S/C46H29N5/c1-4-15-31(16-5-1)44-47-45(32-17-6-2-7-18-32)49-46(48-44)51-41-25-13-11-23-37(41)39-29-33(19-14-26-42(39)51)34-27-28-38-36-22-10-12-24-40(36)50(43(38)30-34)35-20-8-3-9-21-35/h1-13,15-18,20-25,27-30H,26H2. The summed E-state index contributed by atoms with van der Waals surface area (Å²) >= 11 is 0. The van der Waals surface area contributed by atoms with Crippen LogP contribution in [0.5, 0.6) is 0 Å². The van der Waals surface area contributed by atoms with E-state index in [9.17, 15) is 0 Å². The molecule has 0 aliphatic heterocycles. The fourth-order valence-electron chi connectivity index (χ4n) is 7.33. The summed E-state index contributed by atoms with van der Waals surface area (Å²) in [7, 11) is 0. The van der Waals surface area contributed by atoms with Gasteiger partial charge in [0.25, 0.3) is 0 Å². The van der Waals surface area contributed by atoms with Crippen LogP contribution in [0.25, 0.3) is 78.8 Å². The van der Waals surface area contributed by atoms with Gasteiger partial charge in [0, 0.05) is 49.8 Å². The monoisotopic (exact) mass is 651 g/mol. The lowest BCUT2D eigenvalue weighted by Gasteiger charge is -2.12. The van der Waals surface area contributed by atoms with E-state index in [-0.39, 0.29) is 0 Å². The van der Waals surface area contributed by atoms with Crippen molar-refractivity contribution in [2.75, 3.05) is 0 Å². The lowest BCUT2D eigenvalue weighted by atomic mass is 10.0. The Balaban J connectivity index is 1.18. The lowest BCUT2D eigenvalue weighted by molar-refractivity contribution is 0.893. The van der Waals surface area contributed by atoms with Crippen LogP contribution in [-0.4, -0.2) is 24.1 Å². The van der Waals surface area contributed by atoms with Gasteiger partial charge in [-0.3, -0.25) is 4.57 Å². The number of benzene rings is 6. The molecule has 51 heavy (non-hydrogen) atoms. The Bertz CT molecular complexity index is 2810. The van der Waals surface area contributed by atoms with Crippen molar-refractivity contribution < 1.29 is 0 Å². The molecule has 0 fully saturated rings. The first-order valence-electron chi connectivity index (χ1n) is 17.1. The maximum absolute atomic E-state index is 5.10. The zero-order valence-corrected chi connectivity index (χ0v) is 27.5. The van der Waals surface area contributed by atoms with Crippen LogP contribution in [0.1, 0.15) is 16.8 Å². The molecule has 3 heterocycles. The first kappa shape index (κ1) is 28.9. The van der Waals surface area contributed by atoms with E-state index in [1.54, 1.807) is 0 Å². The summed E-state index contributed by atoms with van der Waals surface area (Å²) in [5.74, 6) is 8.90. The van der Waals surface area contributed by atoms with Gasteiger partial charge in [0.2, 0.25) is 5.95 Å². The minimum Gasteiger partial charge on any atom is -0.309 e. The fraction of sp³-hybridized carbons (Fsp3) is 0.0217. The van der Waals surface area contributed by atoms with Crippen LogP contribution in [-0.2, 0) is 6.42 Å². The van der Waals surface area contributed by atoms with Gasteiger partial charge in [0.15, 0.2) is 11.6 Å². The molecule has 0 bridgehead atoms. The highest BCUT2D eigenvalue weighted by atomic mass is 15.2. The molecule has 5 heteroatoms. The van der Waals surface area contributed by atoms with Gasteiger partial charge >= 0.3 is 0 Å². The van der Waals surface area contributed by atoms with Gasteiger partial charge in [-0.1, -0.05) is 139 Å². The Morgan fingerprint density at radius 3 is 1.73 bits per heavy atom. The van der Waals surface area contributed by atoms with Crippen molar-refractivity contribution in [3.05, 3.63) is 175 Å². The topological polar surface area (TPSA) is 48.5 Å². The number of para-hydroxylation sites is 3. The summed E-state index contributed by atoms with van der Waals surface area (Å²) < 4.78 is 4.53. The van der Waals surface area contributed by atoms with Crippen LogP contribution in [0.4, 0.5) is 0 Å². The molecule has 1 aliphatic rings. The molecule has 0 radical (unpaired) electrons. The van der Waals surface area contributed by atoms with Crippen LogP contribution >= 0.6 is 0 Å². The molecule has 0 saturated carbocycles. The second kappa shape index (κ2) is 11.8. The summed E-state index contributed by atoms with van der Waals surface area (Å²) in [6.45, 7) is 0. The third kappa shape index (κ3) is 4.85. The molecule has 5 nitrogen and oxygen atoms in total. The van der Waals surface area contributed by atoms with Crippen molar-refractivity contribution in [3.63, 3.8) is 0 Å². The molecule has 0 saturated heterocycles. The minimum atomic E-state index is 0.545. The molecule has 0 unspecified atom stereocenters. The zero-order chi connectivity index (χ0) is 33.7. The van der Waals surface area contributed by atoms with E-state index in [4.69, 9.17) is 15.0 Å². The van der Waals surface area contributed by atoms with Gasteiger partial charge in [-0.25, -0.2) is 4.98 Å². The number of nitrogens with zero attached hydrogens (tertiary/aromatic N) is 5. The Kier molecular flexibility index (Phi) is 6.72. The molecule has 3 aromatic heterocycles. The van der Waals surface area contributed by atoms with Gasteiger partial charge in [-0.2, -0.15) is 9.97 Å². The summed E-state index contributed by atoms with van der Waals surface area (Å²) in [5, 5.41) is 3.57. The molecule has 0 atom stereocenters. The van der Waals surface area contributed by atoms with Gasteiger partial charge in [0.1, 0.15) is 0 Å². The van der Waals surface area contributed by atoms with Crippen molar-refractivity contribution >= 4 is 44.4 Å². The van der Waals surface area contributed by atoms with Crippen molar-refractivity contribution in [3.8, 4) is 46.3 Å². The molecular weight excluding hydrogens is 623 g/mol. The largest absolute Gasteiger partial charge is 0.309 e. The van der Waals surface area contributed by atoms with E-state index >= 15 is 0 Å². The van der Waals surface area contributed by atoms with E-state index in [0.717, 1.165) is 55.6 Å². The van der Waals surface area contributed by atoms with Crippen molar-refractivity contribution in [2.24, 2.45) is 0 Å². The SMILES string of the molecule is C1#CC(c2ccc3c4ccccc4n(-c4ccccc4)c3c2)=Cc2c(n(-c3nc(-c4ccccc4)nc(-c4ccccc4)n3)c3ccccc23)C1. The first-order valence-corrected chi connectivity index (χ1v) is 17.1. The summed E-state index contributed by atoms with van der Waals surface area (Å²) in [6.07, 6.45) is 2.80. The van der Waals surface area contributed by atoms with Gasteiger partial charge in [-0.15, -0.1) is 0 Å². The highest BCUT2D eigenvalue weighted by Crippen LogP contribution is 2.37. The normalized spacial score (nSPS) is 12.4. The van der Waals surface area contributed by atoms with Crippen molar-refractivity contribution in [1.29, 1.82) is 0 Å². The summed E-state index contributed by atoms with van der Waals surface area (Å²) in [4.78, 5) is 15.1. The smallest absolute Gasteiger partial charge is 0.238 e. The predicted octanol–water partition coefficient (Wildman–Crippen LogP) is 10.3. The van der Waals surface area contributed by atoms with Crippen LogP contribution in [0.3, 0.4) is 0 Å². The van der Waals surface area contributed by atoms with Crippen molar-refractivity contribution in [1.82, 2.24) is 24.1 Å². The molecule has 10 rings (SSSR count). The van der Waals surface area contributed by atoms with Crippen LogP contribution < -0.4 is 0 Å². The molecular formula is C46H29N5. The fourth-order valence-corrected chi connectivity index (χ4v) is 7.33. The number of hydrogen-bond acceptors (Lipinski definition) is 3. The van der Waals surface area contributed by atoms with Gasteiger partial charge in [0.05, 0.1) is 23.0 Å². The number of fused-ring (bicyclic) bond motifs is 6. The molecule has 0 amide bonds. The molecule has 6 aromatic carbocycles. The summed E-state index contributed by atoms with van der Waals surface area (Å²) in [6, 6.07) is 54.6. The van der Waals surface area contributed by atoms with E-state index in [1.165, 1.54) is 16.3 Å². The van der Waals surface area contributed by atoms with Gasteiger partial charge < -0.3 is 4.57 Å². The number of rotatable bonds is 5. The van der Waals surface area contributed by atoms with E-state index in [1.807, 2.05) is 60.7 Å². The number of aromatic nitrogens is 5. The number of hydrogen-bond donors (Lipinski definition) is 0. The average molecular weight is 652 g/mol. The van der Waals surface area contributed by atoms with Gasteiger partial charge in [-0.05, 0) is 42.0 Å². The maximum Gasteiger partial charge on any atom is 0.238 e. The van der Waals surface area contributed by atoms with Crippen LogP contribution in [0.15, 0.2) is 158 Å². The Morgan fingerprint density at radius 1 is 0.471 bits per heavy atom. The predicted molar refractivity (Wildman–Crippen MR) is 208 cm³/mol. The molecule has 0 spiro atoms. The average Bonchev–Trinajstić information content (AvgIpc) is 3.60. The summed E-state index contributed by atoms with van der Waals surface area (Å²) in [5.41, 5.74) is 10.6. The Morgan fingerprint density at radius 2 is 1.04 bits per heavy atom. The van der Waals surface area contributed by atoms with Crippen molar-refractivity contribution in [2.45, 2.75) is 6.42 Å². The minimum absolute atomic E-state index is 0.545. The second-order valence-electron chi connectivity index (χ2n) is 12.7. The van der Waals surface area contributed by atoms with E-state index in [0.29, 0.717) is 24.0 Å². The van der Waals surface area contributed by atoms with Crippen LogP contribution in [0.2, 0.25) is 0 Å². The Labute approximate surface area is 294 Å². The molecule has 9 aromatic rings. The van der Waals surface area contributed by atoms with E-state index < -0.39 is 0 Å². The zero-order valence-electron chi connectivity index (χ0n) is 27.5. The highest BCUT2D eigenvalue weighted by molar-refractivity contribution is 6.11. The molecule has 0 N–H and O–H groups in total. The van der Waals surface area contributed by atoms with E-state index in [2.05, 4.69) is 124 Å². The molecule has 238 valence electrons. The third-order valence-corrected chi connectivity index (χ3v) is 9.67. The maximum atomic E-state index is 5.10. The quantitative estimate of drug-likeness (QED) is 0.174. The second-order valence-corrected chi connectivity index (χ2v) is 12.7. The Hall–Kier alpha value is -7.03. The molecule has 1 aliphatic carbocycles.